The van der Waals surface area contributed by atoms with Crippen molar-refractivity contribution in [2.45, 2.75) is 50.9 Å². The van der Waals surface area contributed by atoms with Gasteiger partial charge in [0.2, 0.25) is 11.1 Å². The van der Waals surface area contributed by atoms with E-state index in [9.17, 15) is 9.59 Å². The molecule has 0 N–H and O–H groups in total. The zero-order valence-electron chi connectivity index (χ0n) is 25.2. The lowest BCUT2D eigenvalue weighted by Crippen LogP contribution is -2.55. The van der Waals surface area contributed by atoms with Crippen molar-refractivity contribution in [3.63, 3.8) is 0 Å². The minimum atomic E-state index is -0.0670. The molecular formula is C34H34Cl2N6O2S. The molecule has 45 heavy (non-hydrogen) atoms. The highest BCUT2D eigenvalue weighted by molar-refractivity contribution is 7.99. The van der Waals surface area contributed by atoms with Gasteiger partial charge in [-0.1, -0.05) is 64.8 Å². The van der Waals surface area contributed by atoms with Crippen molar-refractivity contribution in [3.05, 3.63) is 93.5 Å². The standard InChI is InChI=1S/C34H34Cl2N6O2S/c1-22-12-13-29-28(17-22)31-32(42(29)21-24-7-5-9-26(35)18-24)37-34(39-38-31)45-16-4-3-11-30(43)40-14-15-41(23(2)20-40)33(44)25-8-6-10-27(36)19-25/h5-10,12-13,17-19,23H,3-4,11,14-16,20-21H2,1-2H3. The van der Waals surface area contributed by atoms with Crippen molar-refractivity contribution >= 4 is 68.8 Å². The molecule has 0 spiro atoms. The van der Waals surface area contributed by atoms with Gasteiger partial charge in [-0.05, 0) is 74.7 Å². The lowest BCUT2D eigenvalue weighted by Gasteiger charge is -2.40. The first-order valence-corrected chi connectivity index (χ1v) is 16.9. The van der Waals surface area contributed by atoms with Gasteiger partial charge in [-0.15, -0.1) is 10.2 Å². The van der Waals surface area contributed by atoms with Crippen LogP contribution in [0, 0.1) is 6.92 Å². The summed E-state index contributed by atoms with van der Waals surface area (Å²) in [6.45, 7) is 6.25. The fourth-order valence-corrected chi connectivity index (χ4v) is 7.05. The topological polar surface area (TPSA) is 84.2 Å². The molecule has 3 aromatic carbocycles. The number of aromatic nitrogens is 4. The van der Waals surface area contributed by atoms with Crippen molar-refractivity contribution in [2.24, 2.45) is 0 Å². The summed E-state index contributed by atoms with van der Waals surface area (Å²) in [5, 5.41) is 11.9. The number of nitrogens with zero attached hydrogens (tertiary/aromatic N) is 6. The number of amides is 2. The highest BCUT2D eigenvalue weighted by atomic mass is 35.5. The number of piperazine rings is 1. The molecule has 232 valence electrons. The van der Waals surface area contributed by atoms with Crippen LogP contribution in [-0.2, 0) is 11.3 Å². The van der Waals surface area contributed by atoms with Gasteiger partial charge >= 0.3 is 0 Å². The number of aryl methyl sites for hydroxylation is 1. The van der Waals surface area contributed by atoms with Crippen molar-refractivity contribution in [1.82, 2.24) is 29.5 Å². The van der Waals surface area contributed by atoms with Crippen LogP contribution >= 0.6 is 35.0 Å². The molecule has 2 amide bonds. The second-order valence-electron chi connectivity index (χ2n) is 11.5. The monoisotopic (exact) mass is 660 g/mol. The first-order chi connectivity index (χ1) is 21.8. The molecule has 5 aromatic rings. The first kappa shape index (κ1) is 31.3. The van der Waals surface area contributed by atoms with Crippen LogP contribution in [0.1, 0.15) is 47.7 Å². The summed E-state index contributed by atoms with van der Waals surface area (Å²) in [7, 11) is 0. The number of benzene rings is 3. The Morgan fingerprint density at radius 3 is 2.53 bits per heavy atom. The first-order valence-electron chi connectivity index (χ1n) is 15.1. The van der Waals surface area contributed by atoms with E-state index >= 15 is 0 Å². The van der Waals surface area contributed by atoms with E-state index in [1.807, 2.05) is 34.9 Å². The average molecular weight is 662 g/mol. The Labute approximate surface area is 276 Å². The smallest absolute Gasteiger partial charge is 0.254 e. The van der Waals surface area contributed by atoms with Crippen LogP contribution < -0.4 is 0 Å². The molecule has 2 aromatic heterocycles. The Kier molecular flexibility index (Phi) is 9.58. The molecule has 1 unspecified atom stereocenters. The third-order valence-electron chi connectivity index (χ3n) is 8.16. The number of halogens is 2. The Balaban J connectivity index is 1.04. The highest BCUT2D eigenvalue weighted by Crippen LogP contribution is 2.30. The Morgan fingerprint density at radius 2 is 1.76 bits per heavy atom. The lowest BCUT2D eigenvalue weighted by atomic mass is 10.1. The molecule has 0 aliphatic carbocycles. The van der Waals surface area contributed by atoms with Crippen LogP contribution in [0.25, 0.3) is 22.1 Å². The molecule has 1 aliphatic rings. The summed E-state index contributed by atoms with van der Waals surface area (Å²) < 4.78 is 2.18. The van der Waals surface area contributed by atoms with E-state index < -0.39 is 0 Å². The highest BCUT2D eigenvalue weighted by Gasteiger charge is 2.30. The summed E-state index contributed by atoms with van der Waals surface area (Å²) in [5.74, 6) is 0.859. The second kappa shape index (κ2) is 13.8. The van der Waals surface area contributed by atoms with E-state index in [2.05, 4.69) is 46.0 Å². The maximum Gasteiger partial charge on any atom is 0.254 e. The maximum absolute atomic E-state index is 13.0. The van der Waals surface area contributed by atoms with Crippen LogP contribution in [0.4, 0.5) is 0 Å². The van der Waals surface area contributed by atoms with Gasteiger partial charge < -0.3 is 14.4 Å². The molecule has 11 heteroatoms. The number of hydrogen-bond donors (Lipinski definition) is 0. The van der Waals surface area contributed by atoms with Crippen LogP contribution in [0.5, 0.6) is 0 Å². The minimum absolute atomic E-state index is 0.0519. The number of rotatable bonds is 9. The normalized spacial score (nSPS) is 15.2. The average Bonchev–Trinajstić information content (AvgIpc) is 3.32. The van der Waals surface area contributed by atoms with Gasteiger partial charge in [0, 0.05) is 65.4 Å². The van der Waals surface area contributed by atoms with E-state index in [-0.39, 0.29) is 17.9 Å². The summed E-state index contributed by atoms with van der Waals surface area (Å²) in [4.78, 5) is 34.6. The third-order valence-corrected chi connectivity index (χ3v) is 9.56. The SMILES string of the molecule is Cc1ccc2c(c1)c1nnc(SCCCCC(=O)N3CCN(C(=O)c4cccc(Cl)c4)C(C)C3)nc1n2Cc1cccc(Cl)c1. The fraction of sp³-hybridized carbons (Fsp3) is 0.324. The van der Waals surface area contributed by atoms with Gasteiger partial charge in [0.25, 0.3) is 5.91 Å². The zero-order chi connectivity index (χ0) is 31.5. The Bertz CT molecular complexity index is 1880. The van der Waals surface area contributed by atoms with E-state index in [0.717, 1.165) is 51.8 Å². The molecule has 1 aliphatic heterocycles. The largest absolute Gasteiger partial charge is 0.339 e. The summed E-state index contributed by atoms with van der Waals surface area (Å²) in [5.41, 5.74) is 5.45. The minimum Gasteiger partial charge on any atom is -0.339 e. The Morgan fingerprint density at radius 1 is 0.956 bits per heavy atom. The summed E-state index contributed by atoms with van der Waals surface area (Å²) in [6.07, 6.45) is 2.10. The van der Waals surface area contributed by atoms with Crippen molar-refractivity contribution in [2.75, 3.05) is 25.4 Å². The van der Waals surface area contributed by atoms with Crippen molar-refractivity contribution < 1.29 is 9.59 Å². The van der Waals surface area contributed by atoms with Crippen LogP contribution in [-0.4, -0.2) is 72.8 Å². The predicted molar refractivity (Wildman–Crippen MR) is 181 cm³/mol. The number of carbonyl (C=O) groups excluding carboxylic acids is 2. The summed E-state index contributed by atoms with van der Waals surface area (Å²) >= 11 is 13.9. The molecule has 8 nitrogen and oxygen atoms in total. The molecule has 1 saturated heterocycles. The zero-order valence-corrected chi connectivity index (χ0v) is 27.6. The van der Waals surface area contributed by atoms with Crippen molar-refractivity contribution in [1.29, 1.82) is 0 Å². The number of carbonyl (C=O) groups is 2. The quantitative estimate of drug-likeness (QED) is 0.122. The third kappa shape index (κ3) is 7.11. The molecule has 0 radical (unpaired) electrons. The van der Waals surface area contributed by atoms with E-state index in [1.165, 1.54) is 0 Å². The fourth-order valence-electron chi connectivity index (χ4n) is 5.87. The molecule has 1 atom stereocenters. The molecule has 1 fully saturated rings. The van der Waals surface area contributed by atoms with Gasteiger partial charge in [-0.3, -0.25) is 9.59 Å². The van der Waals surface area contributed by atoms with Crippen LogP contribution in [0.15, 0.2) is 71.9 Å². The second-order valence-corrected chi connectivity index (χ2v) is 13.4. The number of hydrogen-bond acceptors (Lipinski definition) is 6. The predicted octanol–water partition coefficient (Wildman–Crippen LogP) is 7.28. The van der Waals surface area contributed by atoms with E-state index in [0.29, 0.717) is 53.4 Å². The van der Waals surface area contributed by atoms with E-state index in [1.54, 1.807) is 36.0 Å². The maximum atomic E-state index is 13.0. The molecule has 3 heterocycles. The van der Waals surface area contributed by atoms with Gasteiger partial charge in [0.1, 0.15) is 5.52 Å². The van der Waals surface area contributed by atoms with Gasteiger partial charge in [0.05, 0.1) is 5.52 Å². The number of unbranched alkanes of at least 4 members (excludes halogenated alkanes) is 1. The van der Waals surface area contributed by atoms with Gasteiger partial charge in [0.15, 0.2) is 5.65 Å². The molecule has 6 rings (SSSR count). The Hall–Kier alpha value is -3.66. The molecule has 0 saturated carbocycles. The van der Waals surface area contributed by atoms with Gasteiger partial charge in [-0.2, -0.15) is 0 Å². The lowest BCUT2D eigenvalue weighted by molar-refractivity contribution is -0.133. The van der Waals surface area contributed by atoms with Gasteiger partial charge in [-0.25, -0.2) is 4.98 Å². The van der Waals surface area contributed by atoms with Crippen LogP contribution in [0.3, 0.4) is 0 Å². The molecular weight excluding hydrogens is 627 g/mol. The molecule has 0 bridgehead atoms. The van der Waals surface area contributed by atoms with E-state index in [4.69, 9.17) is 28.2 Å². The van der Waals surface area contributed by atoms with Crippen LogP contribution in [0.2, 0.25) is 10.0 Å². The number of thioether (sulfide) groups is 1. The number of fused-ring (bicyclic) bond motifs is 3. The summed E-state index contributed by atoms with van der Waals surface area (Å²) in [6, 6.07) is 21.1. The van der Waals surface area contributed by atoms with Crippen molar-refractivity contribution in [3.8, 4) is 0 Å².